The van der Waals surface area contributed by atoms with Crippen LogP contribution in [0.5, 0.6) is 0 Å². The van der Waals surface area contributed by atoms with E-state index in [1.165, 1.54) is 4.90 Å². The van der Waals surface area contributed by atoms with E-state index in [1.807, 2.05) is 31.2 Å². The quantitative estimate of drug-likeness (QED) is 0.900. The lowest BCUT2D eigenvalue weighted by molar-refractivity contribution is -0.147. The zero-order chi connectivity index (χ0) is 16.6. The van der Waals surface area contributed by atoms with Crippen LogP contribution >= 0.6 is 0 Å². The summed E-state index contributed by atoms with van der Waals surface area (Å²) in [6, 6.07) is 7.00. The number of hydrogen-bond acceptors (Lipinski definition) is 3. The van der Waals surface area contributed by atoms with Crippen LogP contribution in [-0.4, -0.2) is 52.7 Å². The van der Waals surface area contributed by atoms with Gasteiger partial charge >= 0.3 is 5.97 Å². The number of likely N-dealkylation sites (tertiary alicyclic amines) is 1. The Balaban J connectivity index is 1.85. The van der Waals surface area contributed by atoms with Crippen molar-refractivity contribution in [3.8, 4) is 0 Å². The first-order valence-corrected chi connectivity index (χ1v) is 7.62. The number of carbonyl (C=O) groups is 2. The molecule has 2 aromatic rings. The average Bonchev–Trinajstić information content (AvgIpc) is 3.09. The molecule has 23 heavy (non-hydrogen) atoms. The molecule has 0 bridgehead atoms. The fourth-order valence-corrected chi connectivity index (χ4v) is 3.29. The Morgan fingerprint density at radius 1 is 1.39 bits per heavy atom. The molecule has 122 valence electrons. The number of nitrogens with one attached hydrogen (secondary N) is 1. The summed E-state index contributed by atoms with van der Waals surface area (Å²) in [6.07, 6.45) is 0.310. The Bertz CT molecular complexity index is 752. The van der Waals surface area contributed by atoms with Gasteiger partial charge in [0, 0.05) is 36.7 Å². The van der Waals surface area contributed by atoms with Crippen LogP contribution in [0.4, 0.5) is 0 Å². The minimum Gasteiger partial charge on any atom is -0.480 e. The van der Waals surface area contributed by atoms with E-state index in [-0.39, 0.29) is 18.4 Å². The summed E-state index contributed by atoms with van der Waals surface area (Å²) in [5, 5.41) is 10.3. The summed E-state index contributed by atoms with van der Waals surface area (Å²) in [7, 11) is 1.54. The molecule has 0 spiro atoms. The van der Waals surface area contributed by atoms with Crippen molar-refractivity contribution >= 4 is 22.8 Å². The molecule has 1 aromatic heterocycles. The van der Waals surface area contributed by atoms with E-state index in [4.69, 9.17) is 4.74 Å². The van der Waals surface area contributed by atoms with Crippen LogP contribution < -0.4 is 0 Å². The third kappa shape index (κ3) is 2.82. The lowest BCUT2D eigenvalue weighted by Crippen LogP contribution is -2.41. The molecule has 0 saturated carbocycles. The molecule has 3 rings (SSSR count). The maximum atomic E-state index is 12.7. The van der Waals surface area contributed by atoms with Gasteiger partial charge in [-0.2, -0.15) is 0 Å². The lowest BCUT2D eigenvalue weighted by atomic mass is 10.1. The standard InChI is InChI=1S/C17H20N2O4/c1-10-13(12-5-3-4-6-14(12)18-10)8-16(20)19-9-11(23-2)7-15(19)17(21)22/h3-6,11,15,18H,7-9H2,1-2H3,(H,21,22). The molecule has 1 aliphatic heterocycles. The Labute approximate surface area is 134 Å². The molecule has 6 nitrogen and oxygen atoms in total. The molecule has 2 N–H and O–H groups in total. The molecule has 1 amide bonds. The fraction of sp³-hybridized carbons (Fsp3) is 0.412. The highest BCUT2D eigenvalue weighted by molar-refractivity contribution is 5.91. The summed E-state index contributed by atoms with van der Waals surface area (Å²) in [6.45, 7) is 2.26. The highest BCUT2D eigenvalue weighted by atomic mass is 16.5. The minimum absolute atomic E-state index is 0.176. The van der Waals surface area contributed by atoms with Crippen molar-refractivity contribution < 1.29 is 19.4 Å². The van der Waals surface area contributed by atoms with Gasteiger partial charge in [-0.15, -0.1) is 0 Å². The van der Waals surface area contributed by atoms with Gasteiger partial charge in [-0.3, -0.25) is 4.79 Å². The normalized spacial score (nSPS) is 21.0. The number of amides is 1. The number of aromatic nitrogens is 1. The number of carboxylic acid groups (broad SMARTS) is 1. The third-order valence-electron chi connectivity index (χ3n) is 4.56. The molecule has 1 aromatic carbocycles. The number of ether oxygens (including phenoxy) is 1. The second-order valence-corrected chi connectivity index (χ2v) is 5.94. The van der Waals surface area contributed by atoms with Crippen LogP contribution in [0.3, 0.4) is 0 Å². The van der Waals surface area contributed by atoms with Gasteiger partial charge in [0.25, 0.3) is 0 Å². The van der Waals surface area contributed by atoms with Crippen LogP contribution in [0.1, 0.15) is 17.7 Å². The van der Waals surface area contributed by atoms with Gasteiger partial charge < -0.3 is 19.7 Å². The number of methoxy groups -OCH3 is 1. The number of aromatic amines is 1. The molecule has 0 radical (unpaired) electrons. The molecule has 1 saturated heterocycles. The van der Waals surface area contributed by atoms with Crippen molar-refractivity contribution in [2.24, 2.45) is 0 Å². The Morgan fingerprint density at radius 2 is 2.13 bits per heavy atom. The number of benzene rings is 1. The summed E-state index contributed by atoms with van der Waals surface area (Å²) >= 11 is 0. The number of aryl methyl sites for hydroxylation is 1. The predicted octanol–water partition coefficient (Wildman–Crippen LogP) is 1.72. The molecule has 1 fully saturated rings. The first-order valence-electron chi connectivity index (χ1n) is 7.62. The van der Waals surface area contributed by atoms with E-state index < -0.39 is 12.0 Å². The number of rotatable bonds is 4. The van der Waals surface area contributed by atoms with Crippen LogP contribution in [-0.2, 0) is 20.7 Å². The molecule has 2 atom stereocenters. The summed E-state index contributed by atoms with van der Waals surface area (Å²) in [4.78, 5) is 28.8. The Kier molecular flexibility index (Phi) is 4.09. The van der Waals surface area contributed by atoms with E-state index in [0.29, 0.717) is 13.0 Å². The molecule has 2 unspecified atom stereocenters. The van der Waals surface area contributed by atoms with Crippen molar-refractivity contribution in [2.75, 3.05) is 13.7 Å². The molecule has 2 heterocycles. The molecule has 0 aliphatic carbocycles. The molecule has 6 heteroatoms. The van der Waals surface area contributed by atoms with Crippen LogP contribution in [0.15, 0.2) is 24.3 Å². The van der Waals surface area contributed by atoms with Gasteiger partial charge in [0.2, 0.25) is 5.91 Å². The molecule has 1 aliphatic rings. The number of hydrogen-bond donors (Lipinski definition) is 2. The minimum atomic E-state index is -0.978. The van der Waals surface area contributed by atoms with Gasteiger partial charge in [-0.1, -0.05) is 18.2 Å². The smallest absolute Gasteiger partial charge is 0.326 e. The third-order valence-corrected chi connectivity index (χ3v) is 4.56. The molecular weight excluding hydrogens is 296 g/mol. The van der Waals surface area contributed by atoms with E-state index in [1.54, 1.807) is 7.11 Å². The van der Waals surface area contributed by atoms with Crippen molar-refractivity contribution in [1.82, 2.24) is 9.88 Å². The Morgan fingerprint density at radius 3 is 2.83 bits per heavy atom. The average molecular weight is 316 g/mol. The van der Waals surface area contributed by atoms with Crippen LogP contribution in [0.2, 0.25) is 0 Å². The monoisotopic (exact) mass is 316 g/mol. The largest absolute Gasteiger partial charge is 0.480 e. The first kappa shape index (κ1) is 15.6. The number of para-hydroxylation sites is 1. The van der Waals surface area contributed by atoms with Crippen LogP contribution in [0, 0.1) is 6.92 Å². The van der Waals surface area contributed by atoms with Crippen LogP contribution in [0.25, 0.3) is 10.9 Å². The predicted molar refractivity (Wildman–Crippen MR) is 85.3 cm³/mol. The van der Waals surface area contributed by atoms with Gasteiger partial charge in [-0.05, 0) is 18.6 Å². The topological polar surface area (TPSA) is 82.6 Å². The van der Waals surface area contributed by atoms with E-state index in [2.05, 4.69) is 4.98 Å². The first-order chi connectivity index (χ1) is 11.0. The highest BCUT2D eigenvalue weighted by Gasteiger charge is 2.39. The maximum Gasteiger partial charge on any atom is 0.326 e. The Hall–Kier alpha value is -2.34. The zero-order valence-corrected chi connectivity index (χ0v) is 13.2. The van der Waals surface area contributed by atoms with Gasteiger partial charge in [0.1, 0.15) is 6.04 Å². The number of nitrogens with zero attached hydrogens (tertiary/aromatic N) is 1. The van der Waals surface area contributed by atoms with Crippen molar-refractivity contribution in [3.63, 3.8) is 0 Å². The van der Waals surface area contributed by atoms with E-state index >= 15 is 0 Å². The highest BCUT2D eigenvalue weighted by Crippen LogP contribution is 2.25. The van der Waals surface area contributed by atoms with Crippen molar-refractivity contribution in [3.05, 3.63) is 35.5 Å². The lowest BCUT2D eigenvalue weighted by Gasteiger charge is -2.21. The number of fused-ring (bicyclic) bond motifs is 1. The fourth-order valence-electron chi connectivity index (χ4n) is 3.29. The van der Waals surface area contributed by atoms with E-state index in [0.717, 1.165) is 22.2 Å². The number of aliphatic carboxylic acids is 1. The molecular formula is C17H20N2O4. The number of H-pyrrole nitrogens is 1. The summed E-state index contributed by atoms with van der Waals surface area (Å²) < 4.78 is 5.24. The van der Waals surface area contributed by atoms with E-state index in [9.17, 15) is 14.7 Å². The number of carbonyl (C=O) groups excluding carboxylic acids is 1. The summed E-state index contributed by atoms with van der Waals surface area (Å²) in [5.74, 6) is -1.15. The maximum absolute atomic E-state index is 12.7. The second-order valence-electron chi connectivity index (χ2n) is 5.94. The van der Waals surface area contributed by atoms with Crippen molar-refractivity contribution in [2.45, 2.75) is 31.9 Å². The van der Waals surface area contributed by atoms with Gasteiger partial charge in [-0.25, -0.2) is 4.79 Å². The zero-order valence-electron chi connectivity index (χ0n) is 13.2. The number of carboxylic acids is 1. The van der Waals surface area contributed by atoms with Crippen molar-refractivity contribution in [1.29, 1.82) is 0 Å². The summed E-state index contributed by atoms with van der Waals surface area (Å²) in [5.41, 5.74) is 2.85. The van der Waals surface area contributed by atoms with Gasteiger partial charge in [0.05, 0.1) is 12.5 Å². The van der Waals surface area contributed by atoms with Gasteiger partial charge in [0.15, 0.2) is 0 Å². The SMILES string of the molecule is COC1CC(C(=O)O)N(C(=O)Cc2c(C)[nH]c3ccccc23)C1. The second kappa shape index (κ2) is 6.04.